The normalized spacial score (nSPS) is 20.6. The molecule has 3 aromatic heterocycles. The number of fused-ring (bicyclic) bond motifs is 2. The van der Waals surface area contributed by atoms with Crippen LogP contribution in [0.4, 0.5) is 5.82 Å². The molecule has 0 atom stereocenters. The van der Waals surface area contributed by atoms with Gasteiger partial charge >= 0.3 is 0 Å². The summed E-state index contributed by atoms with van der Waals surface area (Å²) < 4.78 is 7.67. The Bertz CT molecular complexity index is 1630. The van der Waals surface area contributed by atoms with Crippen molar-refractivity contribution in [2.45, 2.75) is 51.1 Å². The quantitative estimate of drug-likeness (QED) is 0.345. The van der Waals surface area contributed by atoms with Gasteiger partial charge in [0, 0.05) is 31.1 Å². The number of benzene rings is 2. The zero-order chi connectivity index (χ0) is 26.3. The predicted octanol–water partition coefficient (Wildman–Crippen LogP) is 4.67. The molecule has 9 nitrogen and oxygen atoms in total. The minimum atomic E-state index is 0.296. The van der Waals surface area contributed by atoms with E-state index in [1.54, 1.807) is 6.33 Å². The van der Waals surface area contributed by atoms with Crippen molar-refractivity contribution < 1.29 is 4.74 Å². The SMILES string of the molecule is Cc1cccc(Cc2nc3ccc(-c4nn(C5CCC(N6CCOCC6)CC5)c5ncnc(N)c45)cc3[nH]2)c1. The summed E-state index contributed by atoms with van der Waals surface area (Å²) in [6, 6.07) is 15.7. The number of aryl methyl sites for hydroxylation is 1. The largest absolute Gasteiger partial charge is 0.383 e. The van der Waals surface area contributed by atoms with Crippen molar-refractivity contribution in [2.24, 2.45) is 0 Å². The number of aromatic nitrogens is 6. The third kappa shape index (κ3) is 4.66. The molecule has 4 heterocycles. The molecule has 0 bridgehead atoms. The number of nitrogens with two attached hydrogens (primary N) is 1. The maximum atomic E-state index is 6.43. The van der Waals surface area contributed by atoms with Crippen LogP contribution in [-0.2, 0) is 11.2 Å². The van der Waals surface area contributed by atoms with Crippen molar-refractivity contribution in [1.29, 1.82) is 0 Å². The molecule has 200 valence electrons. The van der Waals surface area contributed by atoms with E-state index in [2.05, 4.69) is 73.9 Å². The van der Waals surface area contributed by atoms with E-state index in [-0.39, 0.29) is 0 Å². The highest BCUT2D eigenvalue weighted by atomic mass is 16.5. The molecule has 9 heteroatoms. The van der Waals surface area contributed by atoms with Crippen LogP contribution in [-0.4, -0.2) is 67.0 Å². The Morgan fingerprint density at radius 1 is 1.00 bits per heavy atom. The Hall–Kier alpha value is -3.82. The molecular formula is C30H34N8O. The Balaban J connectivity index is 1.19. The fourth-order valence-corrected chi connectivity index (χ4v) is 6.37. The highest BCUT2D eigenvalue weighted by molar-refractivity contribution is 5.99. The molecule has 1 aliphatic heterocycles. The van der Waals surface area contributed by atoms with Gasteiger partial charge in [0.1, 0.15) is 23.7 Å². The van der Waals surface area contributed by atoms with Crippen LogP contribution in [0.1, 0.15) is 48.7 Å². The maximum Gasteiger partial charge on any atom is 0.164 e. The van der Waals surface area contributed by atoms with Gasteiger partial charge in [0.25, 0.3) is 0 Å². The summed E-state index contributed by atoms with van der Waals surface area (Å²) in [4.78, 5) is 19.9. The first-order chi connectivity index (χ1) is 19.1. The number of hydrogen-bond acceptors (Lipinski definition) is 7. The summed E-state index contributed by atoms with van der Waals surface area (Å²) in [5.74, 6) is 1.41. The number of rotatable bonds is 5. The number of imidazole rings is 1. The van der Waals surface area contributed by atoms with E-state index in [9.17, 15) is 0 Å². The van der Waals surface area contributed by atoms with Crippen LogP contribution in [0.3, 0.4) is 0 Å². The first-order valence-corrected chi connectivity index (χ1v) is 14.0. The number of H-pyrrole nitrogens is 1. The topological polar surface area (TPSA) is 111 Å². The van der Waals surface area contributed by atoms with Gasteiger partial charge in [-0.1, -0.05) is 35.9 Å². The van der Waals surface area contributed by atoms with E-state index >= 15 is 0 Å². The van der Waals surface area contributed by atoms with Crippen LogP contribution in [0, 0.1) is 6.92 Å². The van der Waals surface area contributed by atoms with Crippen LogP contribution in [0.5, 0.6) is 0 Å². The lowest BCUT2D eigenvalue weighted by Gasteiger charge is -2.38. The molecule has 2 aromatic carbocycles. The summed E-state index contributed by atoms with van der Waals surface area (Å²) in [7, 11) is 0. The van der Waals surface area contributed by atoms with Crippen LogP contribution in [0.2, 0.25) is 0 Å². The summed E-state index contributed by atoms with van der Waals surface area (Å²) in [5, 5.41) is 5.96. The summed E-state index contributed by atoms with van der Waals surface area (Å²) in [6.07, 6.45) is 6.78. The fraction of sp³-hybridized carbons (Fsp3) is 0.400. The molecule has 0 spiro atoms. The molecular weight excluding hydrogens is 488 g/mol. The fourth-order valence-electron chi connectivity index (χ4n) is 6.37. The Kier molecular flexibility index (Phi) is 6.25. The third-order valence-corrected chi connectivity index (χ3v) is 8.35. The maximum absolute atomic E-state index is 6.43. The van der Waals surface area contributed by atoms with Crippen molar-refractivity contribution >= 4 is 27.9 Å². The van der Waals surface area contributed by atoms with Crippen LogP contribution in [0.25, 0.3) is 33.3 Å². The van der Waals surface area contributed by atoms with Gasteiger partial charge < -0.3 is 15.5 Å². The minimum absolute atomic E-state index is 0.296. The highest BCUT2D eigenvalue weighted by Crippen LogP contribution is 2.37. The van der Waals surface area contributed by atoms with Crippen LogP contribution >= 0.6 is 0 Å². The Morgan fingerprint density at radius 2 is 1.82 bits per heavy atom. The van der Waals surface area contributed by atoms with Crippen LogP contribution in [0.15, 0.2) is 48.8 Å². The van der Waals surface area contributed by atoms with E-state index in [1.807, 2.05) is 0 Å². The lowest BCUT2D eigenvalue weighted by atomic mass is 9.90. The molecule has 0 radical (unpaired) electrons. The second-order valence-electron chi connectivity index (χ2n) is 10.9. The van der Waals surface area contributed by atoms with Crippen molar-refractivity contribution in [1.82, 2.24) is 34.6 Å². The van der Waals surface area contributed by atoms with Crippen molar-refractivity contribution in [3.05, 3.63) is 65.7 Å². The molecule has 2 aliphatic rings. The summed E-state index contributed by atoms with van der Waals surface area (Å²) >= 11 is 0. The van der Waals surface area contributed by atoms with Gasteiger partial charge in [-0.25, -0.2) is 19.6 Å². The molecule has 7 rings (SSSR count). The smallest absolute Gasteiger partial charge is 0.164 e. The van der Waals surface area contributed by atoms with E-state index < -0.39 is 0 Å². The van der Waals surface area contributed by atoms with Gasteiger partial charge in [-0.15, -0.1) is 0 Å². The number of ether oxygens (including phenoxy) is 1. The second kappa shape index (κ2) is 10.1. The first kappa shape index (κ1) is 24.2. The van der Waals surface area contributed by atoms with Gasteiger partial charge in [-0.3, -0.25) is 4.90 Å². The Labute approximate surface area is 227 Å². The predicted molar refractivity (Wildman–Crippen MR) is 152 cm³/mol. The molecule has 2 fully saturated rings. The Morgan fingerprint density at radius 3 is 2.64 bits per heavy atom. The van der Waals surface area contributed by atoms with Gasteiger partial charge in [-0.2, -0.15) is 5.10 Å². The summed E-state index contributed by atoms with van der Waals surface area (Å²) in [5.41, 5.74) is 13.5. The molecule has 39 heavy (non-hydrogen) atoms. The number of nitrogens with zero attached hydrogens (tertiary/aromatic N) is 6. The van der Waals surface area contributed by atoms with Gasteiger partial charge in [0.2, 0.25) is 0 Å². The van der Waals surface area contributed by atoms with Crippen molar-refractivity contribution in [2.75, 3.05) is 32.0 Å². The van der Waals surface area contributed by atoms with E-state index in [0.717, 1.165) is 97.6 Å². The molecule has 0 unspecified atom stereocenters. The van der Waals surface area contributed by atoms with Gasteiger partial charge in [-0.05, 0) is 50.3 Å². The lowest BCUT2D eigenvalue weighted by molar-refractivity contribution is 0.00520. The molecule has 3 N–H and O–H groups in total. The third-order valence-electron chi connectivity index (χ3n) is 8.35. The standard InChI is InChI=1S/C30H34N8O/c1-19-3-2-4-20(15-19)16-26-34-24-10-5-21(17-25(24)35-26)28-27-29(31)32-18-33-30(27)38(36-28)23-8-6-22(7-9-23)37-11-13-39-14-12-37/h2-5,10,15,17-18,22-23H,6-9,11-14,16H2,1H3,(H,34,35)(H2,31,32,33). The number of anilines is 1. The second-order valence-corrected chi connectivity index (χ2v) is 10.9. The monoisotopic (exact) mass is 522 g/mol. The highest BCUT2D eigenvalue weighted by Gasteiger charge is 2.30. The average molecular weight is 523 g/mol. The number of aromatic amines is 1. The van der Waals surface area contributed by atoms with E-state index in [1.165, 1.54) is 11.1 Å². The first-order valence-electron chi connectivity index (χ1n) is 14.0. The van der Waals surface area contributed by atoms with Gasteiger partial charge in [0.05, 0.1) is 35.7 Å². The van der Waals surface area contributed by atoms with Crippen molar-refractivity contribution in [3.8, 4) is 11.3 Å². The molecule has 1 saturated carbocycles. The number of nitrogen functional groups attached to an aromatic ring is 1. The van der Waals surface area contributed by atoms with Crippen LogP contribution < -0.4 is 5.73 Å². The molecule has 1 aliphatic carbocycles. The van der Waals surface area contributed by atoms with Crippen molar-refractivity contribution in [3.63, 3.8) is 0 Å². The zero-order valence-corrected chi connectivity index (χ0v) is 22.3. The average Bonchev–Trinajstić information content (AvgIpc) is 3.55. The molecule has 5 aromatic rings. The van der Waals surface area contributed by atoms with E-state index in [0.29, 0.717) is 17.9 Å². The molecule has 0 amide bonds. The number of morpholine rings is 1. The lowest BCUT2D eigenvalue weighted by Crippen LogP contribution is -2.45. The summed E-state index contributed by atoms with van der Waals surface area (Å²) in [6.45, 7) is 5.88. The zero-order valence-electron chi connectivity index (χ0n) is 22.3. The van der Waals surface area contributed by atoms with E-state index in [4.69, 9.17) is 20.6 Å². The minimum Gasteiger partial charge on any atom is -0.383 e. The molecule has 1 saturated heterocycles. The number of nitrogens with one attached hydrogen (secondary N) is 1. The number of hydrogen-bond donors (Lipinski definition) is 2. The van der Waals surface area contributed by atoms with Gasteiger partial charge in [0.15, 0.2) is 5.65 Å².